The van der Waals surface area contributed by atoms with Gasteiger partial charge in [0.1, 0.15) is 5.82 Å². The first-order valence-corrected chi connectivity index (χ1v) is 7.10. The zero-order valence-electron chi connectivity index (χ0n) is 12.2. The topological polar surface area (TPSA) is 54.9 Å². The van der Waals surface area contributed by atoms with E-state index in [1.54, 1.807) is 42.9 Å². The summed E-state index contributed by atoms with van der Waals surface area (Å²) in [6, 6.07) is 12.7. The second-order valence-corrected chi connectivity index (χ2v) is 4.98. The van der Waals surface area contributed by atoms with Gasteiger partial charge in [0.15, 0.2) is 0 Å². The molecule has 0 radical (unpaired) electrons. The molecule has 0 saturated heterocycles. The van der Waals surface area contributed by atoms with Gasteiger partial charge < -0.3 is 5.32 Å². The lowest BCUT2D eigenvalue weighted by Crippen LogP contribution is -2.29. The maximum atomic E-state index is 13.2. The molecular weight excluding hydrogens is 293 g/mol. The molecule has 0 fully saturated rings. The summed E-state index contributed by atoms with van der Waals surface area (Å²) < 4.78 is 13.2. The maximum absolute atomic E-state index is 13.2. The summed E-state index contributed by atoms with van der Waals surface area (Å²) in [4.78, 5) is 20.4. The largest absolute Gasteiger partial charge is 0.341 e. The molecule has 1 amide bonds. The first kappa shape index (κ1) is 14.8. The standard InChI is InChI=1S/C18H14FN3O/c19-16-5-3-13(4-6-16)17(14-7-10-20-11-8-14)22-18(23)15-2-1-9-21-12-15/h1-12,17H,(H,22,23). The fourth-order valence-electron chi connectivity index (χ4n) is 2.28. The van der Waals surface area contributed by atoms with Crippen molar-refractivity contribution >= 4 is 5.91 Å². The summed E-state index contributed by atoms with van der Waals surface area (Å²) in [5, 5.41) is 2.96. The Labute approximate surface area is 133 Å². The van der Waals surface area contributed by atoms with Crippen LogP contribution >= 0.6 is 0 Å². The Morgan fingerprint density at radius 1 is 0.913 bits per heavy atom. The van der Waals surface area contributed by atoms with E-state index < -0.39 is 6.04 Å². The van der Waals surface area contributed by atoms with Crippen molar-refractivity contribution in [1.29, 1.82) is 0 Å². The number of pyridine rings is 2. The van der Waals surface area contributed by atoms with Crippen LogP contribution < -0.4 is 5.32 Å². The summed E-state index contributed by atoms with van der Waals surface area (Å²) in [5.41, 5.74) is 2.12. The van der Waals surface area contributed by atoms with Crippen molar-refractivity contribution in [2.75, 3.05) is 0 Å². The van der Waals surface area contributed by atoms with Crippen molar-refractivity contribution in [2.45, 2.75) is 6.04 Å². The number of nitrogens with zero attached hydrogens (tertiary/aromatic N) is 2. The van der Waals surface area contributed by atoms with Crippen molar-refractivity contribution in [2.24, 2.45) is 0 Å². The van der Waals surface area contributed by atoms with Crippen LogP contribution in [0.5, 0.6) is 0 Å². The van der Waals surface area contributed by atoms with Crippen LogP contribution in [0.2, 0.25) is 0 Å². The van der Waals surface area contributed by atoms with Crippen LogP contribution in [-0.4, -0.2) is 15.9 Å². The zero-order chi connectivity index (χ0) is 16.1. The molecule has 4 nitrogen and oxygen atoms in total. The predicted molar refractivity (Wildman–Crippen MR) is 84.2 cm³/mol. The van der Waals surface area contributed by atoms with Crippen LogP contribution in [0.3, 0.4) is 0 Å². The predicted octanol–water partition coefficient (Wildman–Crippen LogP) is 3.14. The van der Waals surface area contributed by atoms with E-state index in [1.165, 1.54) is 18.3 Å². The number of carbonyl (C=O) groups is 1. The Bertz CT molecular complexity index is 776. The molecule has 1 N–H and O–H groups in total. The number of carbonyl (C=O) groups excluding carboxylic acids is 1. The van der Waals surface area contributed by atoms with Gasteiger partial charge in [0.05, 0.1) is 11.6 Å². The normalized spacial score (nSPS) is 11.7. The van der Waals surface area contributed by atoms with Gasteiger partial charge in [0.2, 0.25) is 0 Å². The third-order valence-corrected chi connectivity index (χ3v) is 3.44. The third kappa shape index (κ3) is 3.58. The van der Waals surface area contributed by atoms with E-state index >= 15 is 0 Å². The fraction of sp³-hybridized carbons (Fsp3) is 0.0556. The van der Waals surface area contributed by atoms with Gasteiger partial charge in [0, 0.05) is 24.8 Å². The average Bonchev–Trinajstić information content (AvgIpc) is 2.62. The van der Waals surface area contributed by atoms with E-state index in [4.69, 9.17) is 0 Å². The minimum absolute atomic E-state index is 0.246. The van der Waals surface area contributed by atoms with Crippen LogP contribution in [0, 0.1) is 5.82 Å². The second kappa shape index (κ2) is 6.79. The summed E-state index contributed by atoms with van der Waals surface area (Å²) in [5.74, 6) is -0.565. The Kier molecular flexibility index (Phi) is 4.38. The number of halogens is 1. The Morgan fingerprint density at radius 2 is 1.61 bits per heavy atom. The smallest absolute Gasteiger partial charge is 0.253 e. The zero-order valence-corrected chi connectivity index (χ0v) is 12.2. The van der Waals surface area contributed by atoms with E-state index in [1.807, 2.05) is 12.1 Å². The number of rotatable bonds is 4. The van der Waals surface area contributed by atoms with Crippen molar-refractivity contribution in [3.8, 4) is 0 Å². The molecule has 0 saturated carbocycles. The second-order valence-electron chi connectivity index (χ2n) is 4.98. The van der Waals surface area contributed by atoms with Crippen LogP contribution in [0.4, 0.5) is 4.39 Å². The van der Waals surface area contributed by atoms with Crippen LogP contribution in [0.25, 0.3) is 0 Å². The average molecular weight is 307 g/mol. The van der Waals surface area contributed by atoms with Crippen LogP contribution in [0.15, 0.2) is 73.3 Å². The van der Waals surface area contributed by atoms with Gasteiger partial charge in [-0.25, -0.2) is 4.39 Å². The highest BCUT2D eigenvalue weighted by Crippen LogP contribution is 2.22. The minimum Gasteiger partial charge on any atom is -0.341 e. The van der Waals surface area contributed by atoms with Gasteiger partial charge in [-0.2, -0.15) is 0 Å². The van der Waals surface area contributed by atoms with Gasteiger partial charge in [-0.05, 0) is 47.5 Å². The number of hydrogen-bond acceptors (Lipinski definition) is 3. The fourth-order valence-corrected chi connectivity index (χ4v) is 2.28. The van der Waals surface area contributed by atoms with Crippen molar-refractivity contribution < 1.29 is 9.18 Å². The Hall–Kier alpha value is -3.08. The first-order valence-electron chi connectivity index (χ1n) is 7.10. The summed E-state index contributed by atoms with van der Waals surface area (Å²) in [6.07, 6.45) is 6.42. The molecule has 1 atom stereocenters. The molecule has 3 aromatic rings. The van der Waals surface area contributed by atoms with E-state index in [-0.39, 0.29) is 11.7 Å². The maximum Gasteiger partial charge on any atom is 0.253 e. The molecule has 2 aromatic heterocycles. The molecule has 0 spiro atoms. The quantitative estimate of drug-likeness (QED) is 0.805. The first-order chi connectivity index (χ1) is 11.2. The summed E-state index contributed by atoms with van der Waals surface area (Å²) >= 11 is 0. The van der Waals surface area contributed by atoms with Crippen molar-refractivity contribution in [3.05, 3.63) is 95.8 Å². The molecule has 23 heavy (non-hydrogen) atoms. The number of aromatic nitrogens is 2. The van der Waals surface area contributed by atoms with Gasteiger partial charge in [0.25, 0.3) is 5.91 Å². The molecule has 3 rings (SSSR count). The van der Waals surface area contributed by atoms with Crippen LogP contribution in [-0.2, 0) is 0 Å². The summed E-state index contributed by atoms with van der Waals surface area (Å²) in [6.45, 7) is 0. The van der Waals surface area contributed by atoms with E-state index in [9.17, 15) is 9.18 Å². The highest BCUT2D eigenvalue weighted by Gasteiger charge is 2.18. The van der Waals surface area contributed by atoms with Gasteiger partial charge in [-0.3, -0.25) is 14.8 Å². The van der Waals surface area contributed by atoms with Crippen molar-refractivity contribution in [1.82, 2.24) is 15.3 Å². The number of hydrogen-bond donors (Lipinski definition) is 1. The number of benzene rings is 1. The molecule has 1 unspecified atom stereocenters. The molecule has 2 heterocycles. The molecule has 114 valence electrons. The van der Waals surface area contributed by atoms with Crippen molar-refractivity contribution in [3.63, 3.8) is 0 Å². The minimum atomic E-state index is -0.397. The molecule has 5 heteroatoms. The van der Waals surface area contributed by atoms with Gasteiger partial charge >= 0.3 is 0 Å². The lowest BCUT2D eigenvalue weighted by atomic mass is 9.99. The van der Waals surface area contributed by atoms with Gasteiger partial charge in [-0.1, -0.05) is 12.1 Å². The Morgan fingerprint density at radius 3 is 2.26 bits per heavy atom. The molecule has 0 aliphatic rings. The molecule has 0 aliphatic heterocycles. The highest BCUT2D eigenvalue weighted by molar-refractivity contribution is 5.94. The summed E-state index contributed by atoms with van der Waals surface area (Å²) in [7, 11) is 0. The molecule has 0 bridgehead atoms. The number of nitrogens with one attached hydrogen (secondary N) is 1. The Balaban J connectivity index is 1.93. The number of amides is 1. The van der Waals surface area contributed by atoms with E-state index in [2.05, 4.69) is 15.3 Å². The SMILES string of the molecule is O=C(NC(c1ccncc1)c1ccc(F)cc1)c1cccnc1. The lowest BCUT2D eigenvalue weighted by Gasteiger charge is -2.19. The van der Waals surface area contributed by atoms with Gasteiger partial charge in [-0.15, -0.1) is 0 Å². The molecular formula is C18H14FN3O. The van der Waals surface area contributed by atoms with E-state index in [0.29, 0.717) is 5.56 Å². The lowest BCUT2D eigenvalue weighted by molar-refractivity contribution is 0.0942. The highest BCUT2D eigenvalue weighted by atomic mass is 19.1. The van der Waals surface area contributed by atoms with Crippen LogP contribution in [0.1, 0.15) is 27.5 Å². The monoisotopic (exact) mass is 307 g/mol. The molecule has 1 aromatic carbocycles. The third-order valence-electron chi connectivity index (χ3n) is 3.44. The molecule has 0 aliphatic carbocycles. The van der Waals surface area contributed by atoms with E-state index in [0.717, 1.165) is 11.1 Å².